The molecule has 0 aromatic carbocycles. The van der Waals surface area contributed by atoms with Crippen LogP contribution in [0, 0.1) is 0 Å². The van der Waals surface area contributed by atoms with Crippen LogP contribution >= 0.6 is 15.9 Å². The predicted octanol–water partition coefficient (Wildman–Crippen LogP) is 1.62. The van der Waals surface area contributed by atoms with Gasteiger partial charge in [0.25, 0.3) is 0 Å². The zero-order valence-corrected chi connectivity index (χ0v) is 7.19. The average Bonchev–Trinajstić information content (AvgIpc) is 2.04. The van der Waals surface area contributed by atoms with E-state index in [1.165, 1.54) is 0 Å². The molecule has 0 aromatic heterocycles. The molecule has 56 valence electrons. The van der Waals surface area contributed by atoms with Crippen LogP contribution in [0.4, 0.5) is 0 Å². The highest BCUT2D eigenvalue weighted by Crippen LogP contribution is 2.43. The van der Waals surface area contributed by atoms with Gasteiger partial charge in [-0.05, 0) is 19.3 Å². The summed E-state index contributed by atoms with van der Waals surface area (Å²) in [7, 11) is 0. The zero-order chi connectivity index (χ0) is 7.19. The lowest BCUT2D eigenvalue weighted by Gasteiger charge is -2.20. The Hall–Kier alpha value is -0.0500. The minimum absolute atomic E-state index is 0.0463. The molecule has 0 unspecified atom stereocenters. The fraction of sp³-hybridized carbons (Fsp3) is 0.857. The molecule has 1 saturated heterocycles. The Bertz CT molecular complexity index is 180. The summed E-state index contributed by atoms with van der Waals surface area (Å²) in [6.07, 6.45) is 4.20. The van der Waals surface area contributed by atoms with Crippen molar-refractivity contribution in [3.8, 4) is 0 Å². The van der Waals surface area contributed by atoms with Gasteiger partial charge in [0.15, 0.2) is 0 Å². The van der Waals surface area contributed by atoms with E-state index in [1.807, 2.05) is 0 Å². The molecule has 1 aliphatic heterocycles. The SMILES string of the molecule is O=C1O[C@H]2CCC[C@]1(Br)C2. The molecular formula is C7H9BrO2. The van der Waals surface area contributed by atoms with E-state index in [0.717, 1.165) is 25.7 Å². The molecule has 1 heterocycles. The number of fused-ring (bicyclic) bond motifs is 2. The average molecular weight is 205 g/mol. The highest BCUT2D eigenvalue weighted by Gasteiger charge is 2.49. The van der Waals surface area contributed by atoms with Crippen molar-refractivity contribution in [1.82, 2.24) is 0 Å². The molecule has 3 heteroatoms. The summed E-state index contributed by atoms with van der Waals surface area (Å²) in [6.45, 7) is 0. The third kappa shape index (κ3) is 0.797. The van der Waals surface area contributed by atoms with Gasteiger partial charge in [0.2, 0.25) is 0 Å². The van der Waals surface area contributed by atoms with Crippen molar-refractivity contribution >= 4 is 21.9 Å². The maximum atomic E-state index is 11.1. The normalized spacial score (nSPS) is 45.3. The first-order valence-electron chi connectivity index (χ1n) is 3.61. The van der Waals surface area contributed by atoms with Crippen molar-refractivity contribution < 1.29 is 9.53 Å². The molecule has 10 heavy (non-hydrogen) atoms. The Labute approximate surface area is 68.1 Å². The van der Waals surface area contributed by atoms with E-state index in [-0.39, 0.29) is 16.4 Å². The first-order valence-corrected chi connectivity index (χ1v) is 4.40. The second-order valence-corrected chi connectivity index (χ2v) is 4.61. The predicted molar refractivity (Wildman–Crippen MR) is 40.0 cm³/mol. The number of esters is 1. The molecule has 2 bridgehead atoms. The number of rotatable bonds is 0. The molecule has 2 atom stereocenters. The van der Waals surface area contributed by atoms with Gasteiger partial charge in [-0.25, -0.2) is 0 Å². The molecule has 2 nitrogen and oxygen atoms in total. The van der Waals surface area contributed by atoms with Gasteiger partial charge < -0.3 is 4.74 Å². The minimum Gasteiger partial charge on any atom is -0.461 e. The van der Waals surface area contributed by atoms with Gasteiger partial charge in [-0.15, -0.1) is 0 Å². The lowest BCUT2D eigenvalue weighted by molar-refractivity contribution is -0.142. The quantitative estimate of drug-likeness (QED) is 0.443. The van der Waals surface area contributed by atoms with Gasteiger partial charge in [0, 0.05) is 6.42 Å². The molecule has 2 fully saturated rings. The van der Waals surface area contributed by atoms with Crippen molar-refractivity contribution in [1.29, 1.82) is 0 Å². The largest absolute Gasteiger partial charge is 0.461 e. The Morgan fingerprint density at radius 1 is 1.70 bits per heavy atom. The Morgan fingerprint density at radius 3 is 3.10 bits per heavy atom. The van der Waals surface area contributed by atoms with Crippen LogP contribution in [0.3, 0.4) is 0 Å². The second kappa shape index (κ2) is 1.97. The van der Waals surface area contributed by atoms with Crippen LogP contribution in [0.25, 0.3) is 0 Å². The molecular weight excluding hydrogens is 196 g/mol. The van der Waals surface area contributed by atoms with Crippen LogP contribution in [0.2, 0.25) is 0 Å². The topological polar surface area (TPSA) is 26.3 Å². The highest BCUT2D eigenvalue weighted by atomic mass is 79.9. The van der Waals surface area contributed by atoms with E-state index >= 15 is 0 Å². The van der Waals surface area contributed by atoms with Crippen LogP contribution in [0.1, 0.15) is 25.7 Å². The molecule has 0 radical (unpaired) electrons. The lowest BCUT2D eigenvalue weighted by atomic mass is 9.90. The molecule has 0 spiro atoms. The van der Waals surface area contributed by atoms with Crippen molar-refractivity contribution in [3.05, 3.63) is 0 Å². The first-order chi connectivity index (χ1) is 4.71. The van der Waals surface area contributed by atoms with Gasteiger partial charge in [-0.3, -0.25) is 4.79 Å². The molecule has 1 saturated carbocycles. The standard InChI is InChI=1S/C7H9BrO2/c8-7-3-1-2-5(4-7)10-6(7)9/h5H,1-4H2/t5-,7-/m0/s1. The van der Waals surface area contributed by atoms with Crippen molar-refractivity contribution in [2.24, 2.45) is 0 Å². The molecule has 1 aliphatic carbocycles. The van der Waals surface area contributed by atoms with Gasteiger partial charge in [-0.2, -0.15) is 0 Å². The number of ether oxygens (including phenoxy) is 1. The monoisotopic (exact) mass is 204 g/mol. The minimum atomic E-state index is -0.296. The number of hydrogen-bond acceptors (Lipinski definition) is 2. The van der Waals surface area contributed by atoms with Gasteiger partial charge in [-0.1, -0.05) is 15.9 Å². The lowest BCUT2D eigenvalue weighted by Crippen LogP contribution is -2.28. The first kappa shape index (κ1) is 6.65. The van der Waals surface area contributed by atoms with E-state index in [1.54, 1.807) is 0 Å². The van der Waals surface area contributed by atoms with Crippen molar-refractivity contribution in [2.45, 2.75) is 36.1 Å². The van der Waals surface area contributed by atoms with Crippen LogP contribution in [-0.2, 0) is 9.53 Å². The molecule has 0 aromatic rings. The van der Waals surface area contributed by atoms with Crippen LogP contribution < -0.4 is 0 Å². The van der Waals surface area contributed by atoms with E-state index in [0.29, 0.717) is 0 Å². The summed E-state index contributed by atoms with van der Waals surface area (Å²) in [6, 6.07) is 0. The summed E-state index contributed by atoms with van der Waals surface area (Å²) < 4.78 is 4.81. The molecule has 0 amide bonds. The Balaban J connectivity index is 2.26. The second-order valence-electron chi connectivity index (χ2n) is 3.09. The number of alkyl halides is 1. The smallest absolute Gasteiger partial charge is 0.323 e. The molecule has 2 aliphatic rings. The fourth-order valence-electron chi connectivity index (χ4n) is 1.72. The molecule has 0 N–H and O–H groups in total. The van der Waals surface area contributed by atoms with E-state index in [9.17, 15) is 4.79 Å². The maximum Gasteiger partial charge on any atom is 0.323 e. The zero-order valence-electron chi connectivity index (χ0n) is 5.60. The number of carbonyl (C=O) groups is 1. The number of carbonyl (C=O) groups excluding carboxylic acids is 1. The van der Waals surface area contributed by atoms with E-state index in [2.05, 4.69) is 15.9 Å². The summed E-state index contributed by atoms with van der Waals surface area (Å²) in [5, 5.41) is 0. The van der Waals surface area contributed by atoms with Crippen LogP contribution in [-0.4, -0.2) is 16.4 Å². The van der Waals surface area contributed by atoms with E-state index in [4.69, 9.17) is 4.74 Å². The summed E-state index contributed by atoms with van der Waals surface area (Å²) in [5.74, 6) is -0.0463. The number of halogens is 1. The van der Waals surface area contributed by atoms with E-state index < -0.39 is 0 Å². The molecule has 2 rings (SSSR count). The maximum absolute atomic E-state index is 11.1. The van der Waals surface area contributed by atoms with Gasteiger partial charge in [0.1, 0.15) is 10.4 Å². The number of hydrogen-bond donors (Lipinski definition) is 0. The van der Waals surface area contributed by atoms with Crippen LogP contribution in [0.15, 0.2) is 0 Å². The summed E-state index contributed by atoms with van der Waals surface area (Å²) in [4.78, 5) is 11.1. The Kier molecular flexibility index (Phi) is 1.31. The Morgan fingerprint density at radius 2 is 2.50 bits per heavy atom. The summed E-state index contributed by atoms with van der Waals surface area (Å²) in [5.41, 5.74) is 0. The van der Waals surface area contributed by atoms with Crippen LogP contribution in [0.5, 0.6) is 0 Å². The third-order valence-electron chi connectivity index (χ3n) is 2.29. The van der Waals surface area contributed by atoms with Crippen molar-refractivity contribution in [3.63, 3.8) is 0 Å². The summed E-state index contributed by atoms with van der Waals surface area (Å²) >= 11 is 3.43. The van der Waals surface area contributed by atoms with Crippen molar-refractivity contribution in [2.75, 3.05) is 0 Å². The highest BCUT2D eigenvalue weighted by molar-refractivity contribution is 9.10. The fourth-order valence-corrected chi connectivity index (χ4v) is 2.45. The van der Waals surface area contributed by atoms with Gasteiger partial charge >= 0.3 is 5.97 Å². The third-order valence-corrected chi connectivity index (χ3v) is 3.33. The van der Waals surface area contributed by atoms with Gasteiger partial charge in [0.05, 0.1) is 0 Å².